The van der Waals surface area contributed by atoms with Gasteiger partial charge in [-0.25, -0.2) is 19.9 Å². The van der Waals surface area contributed by atoms with E-state index in [1.54, 1.807) is 121 Å². The number of nitrogens with zero attached hydrogens (tertiary/aromatic N) is 17. The molecule has 0 aliphatic rings. The molecule has 0 saturated heterocycles. The second-order valence-corrected chi connectivity index (χ2v) is 15.7. The van der Waals surface area contributed by atoms with Gasteiger partial charge in [-0.3, -0.25) is 24.9 Å². The summed E-state index contributed by atoms with van der Waals surface area (Å²) in [6.45, 7) is 60.8. The van der Waals surface area contributed by atoms with E-state index in [0.717, 1.165) is 34.0 Å². The van der Waals surface area contributed by atoms with Crippen LogP contribution < -0.4 is 0 Å². The molecule has 0 fully saturated rings. The van der Waals surface area contributed by atoms with Gasteiger partial charge >= 0.3 is 0 Å². The Bertz CT molecular complexity index is 2370. The second-order valence-electron chi connectivity index (χ2n) is 15.7. The Balaban J connectivity index is -0.000000119. The molecule has 0 aliphatic carbocycles. The van der Waals surface area contributed by atoms with Gasteiger partial charge in [0.25, 0.3) is 0 Å². The van der Waals surface area contributed by atoms with Gasteiger partial charge in [0.15, 0.2) is 5.82 Å². The van der Waals surface area contributed by atoms with E-state index >= 15 is 0 Å². The average Bonchev–Trinajstić information content (AvgIpc) is 4.46. The SMILES string of the molecule is CC.CC.CC.CC.CC.CC.CC.CC.CC.Cc1ccccc1.Cc1ccccn1.Cc1cccnc1.Cc1cccnn1.Cc1ccncc1.Cc1ccnnc1.Cc1cnccn1.Cc1cncnc1.Cc1ncccn1.Cc1nnc(C)o1.Cc1noc(C)n1. The first kappa shape index (κ1) is 104. The lowest BCUT2D eigenvalue weighted by molar-refractivity contribution is 0.389. The molecule has 526 valence electrons. The third-order valence-corrected chi connectivity index (χ3v) is 8.18. The quantitative estimate of drug-likeness (QED) is 0.137. The molecule has 0 N–H and O–H groups in total. The molecule has 11 rings (SSSR count). The lowest BCUT2D eigenvalue weighted by Crippen LogP contribution is -1.80. The lowest BCUT2D eigenvalue weighted by atomic mass is 10.2. The highest BCUT2D eigenvalue weighted by molar-refractivity contribution is 5.12. The number of aromatic nitrogens is 17. The molecule has 0 bridgehead atoms. The normalized spacial score (nSPS) is 7.74. The zero-order valence-corrected chi connectivity index (χ0v) is 64.4. The van der Waals surface area contributed by atoms with Crippen LogP contribution in [0.3, 0.4) is 0 Å². The predicted octanol–water partition coefficient (Wildman–Crippen LogP) is 20.7. The Morgan fingerprint density at radius 2 is 0.705 bits per heavy atom. The van der Waals surface area contributed by atoms with Crippen molar-refractivity contribution in [2.75, 3.05) is 0 Å². The number of rotatable bonds is 0. The third kappa shape index (κ3) is 88.6. The average molecular weight is 1310 g/mol. The van der Waals surface area contributed by atoms with Crippen LogP contribution in [0.4, 0.5) is 0 Å². The van der Waals surface area contributed by atoms with Gasteiger partial charge in [0.2, 0.25) is 17.7 Å². The van der Waals surface area contributed by atoms with Crippen LogP contribution in [-0.4, -0.2) is 85.6 Å². The molecule has 10 heterocycles. The van der Waals surface area contributed by atoms with Crippen LogP contribution >= 0.6 is 0 Å². The predicted molar refractivity (Wildman–Crippen MR) is 402 cm³/mol. The van der Waals surface area contributed by atoms with Crippen molar-refractivity contribution in [3.63, 3.8) is 0 Å². The van der Waals surface area contributed by atoms with Crippen LogP contribution in [-0.2, 0) is 0 Å². The van der Waals surface area contributed by atoms with Gasteiger partial charge < -0.3 is 8.94 Å². The van der Waals surface area contributed by atoms with E-state index in [4.69, 9.17) is 4.42 Å². The van der Waals surface area contributed by atoms with Crippen molar-refractivity contribution in [2.24, 2.45) is 0 Å². The van der Waals surface area contributed by atoms with Crippen molar-refractivity contribution >= 4 is 0 Å². The Kier molecular flexibility index (Phi) is 99.5. The zero-order chi connectivity index (χ0) is 74.6. The molecule has 0 aliphatic heterocycles. The highest BCUT2D eigenvalue weighted by Crippen LogP contribution is 1.95. The summed E-state index contributed by atoms with van der Waals surface area (Å²) in [6.07, 6.45) is 27.6. The number of pyridine rings is 3. The molecular formula is C76H125N17O2. The summed E-state index contributed by atoms with van der Waals surface area (Å²) in [6, 6.07) is 31.5. The smallest absolute Gasteiger partial charge is 0.223 e. The molecule has 0 saturated carbocycles. The number of hydrogen-bond acceptors (Lipinski definition) is 19. The summed E-state index contributed by atoms with van der Waals surface area (Å²) < 4.78 is 9.46. The van der Waals surface area contributed by atoms with Crippen molar-refractivity contribution in [1.82, 2.24) is 85.6 Å². The van der Waals surface area contributed by atoms with Crippen molar-refractivity contribution in [3.05, 3.63) is 271 Å². The van der Waals surface area contributed by atoms with E-state index in [2.05, 4.69) is 109 Å². The molecule has 0 radical (unpaired) electrons. The number of aryl methyl sites for hydroxylation is 13. The van der Waals surface area contributed by atoms with Crippen LogP contribution in [0.2, 0.25) is 0 Å². The summed E-state index contributed by atoms with van der Waals surface area (Å²) in [5.74, 6) is 3.38. The van der Waals surface area contributed by atoms with E-state index in [9.17, 15) is 0 Å². The fourth-order valence-corrected chi connectivity index (χ4v) is 4.51. The first-order valence-corrected chi connectivity index (χ1v) is 32.9. The van der Waals surface area contributed by atoms with Crippen LogP contribution in [0.5, 0.6) is 0 Å². The zero-order valence-electron chi connectivity index (χ0n) is 64.4. The minimum absolute atomic E-state index is 0.623. The van der Waals surface area contributed by atoms with Gasteiger partial charge in [0, 0.05) is 113 Å². The summed E-state index contributed by atoms with van der Waals surface area (Å²) in [5, 5.41) is 25.3. The second kappa shape index (κ2) is 90.8. The summed E-state index contributed by atoms with van der Waals surface area (Å²) in [4.78, 5) is 38.6. The van der Waals surface area contributed by atoms with E-state index in [1.165, 1.54) is 23.0 Å². The molecule has 0 amide bonds. The minimum Gasteiger partial charge on any atom is -0.426 e. The Morgan fingerprint density at radius 3 is 0.916 bits per heavy atom. The molecule has 95 heavy (non-hydrogen) atoms. The Hall–Kier alpha value is -9.65. The van der Waals surface area contributed by atoms with Crippen molar-refractivity contribution in [2.45, 2.75) is 215 Å². The van der Waals surface area contributed by atoms with Crippen LogP contribution in [0.1, 0.15) is 199 Å². The van der Waals surface area contributed by atoms with Crippen LogP contribution in [0, 0.1) is 90.0 Å². The molecule has 0 unspecified atom stereocenters. The molecule has 1 aromatic carbocycles. The standard InChI is InChI=1S/C7H8.3C6H7N.5C5H6N2.2C4H6N2O.9C2H6/c1-7-5-3-2-4-6-7;1-6-2-4-7-5-3-6;1-6-3-2-4-7-5-6;1-6-4-2-3-5-7-6;1-5-2-6-4-7-3-5;1-5-4-6-2-3-7-5;1-5-2-3-6-7-4-5;1-5-6-3-2-4-7-5;1-5-3-2-4-6-7-5;1-3-5-6-4(2)7-3;1-3-5-4(2)7-6-3;9*1-2/h2-6H,1H3;3*2-5H,1H3;5*2-4H,1H3;2*1-2H3;9*1-2H3. The highest BCUT2D eigenvalue weighted by atomic mass is 16.5. The van der Waals surface area contributed by atoms with Gasteiger partial charge in [0.1, 0.15) is 12.2 Å². The molecule has 0 spiro atoms. The largest absolute Gasteiger partial charge is 0.426 e. The minimum atomic E-state index is 0.623. The van der Waals surface area contributed by atoms with Gasteiger partial charge in [-0.1, -0.05) is 178 Å². The van der Waals surface area contributed by atoms with Crippen LogP contribution in [0.25, 0.3) is 0 Å². The highest BCUT2D eigenvalue weighted by Gasteiger charge is 1.91. The van der Waals surface area contributed by atoms with E-state index in [0.29, 0.717) is 23.5 Å². The lowest BCUT2D eigenvalue weighted by Gasteiger charge is -1.82. The molecule has 19 heteroatoms. The maximum atomic E-state index is 4.86. The Morgan fingerprint density at radius 1 is 0.253 bits per heavy atom. The maximum absolute atomic E-state index is 4.86. The number of hydrogen-bond donors (Lipinski definition) is 0. The van der Waals surface area contributed by atoms with Crippen LogP contribution in [0.15, 0.2) is 205 Å². The van der Waals surface area contributed by atoms with Gasteiger partial charge in [-0.2, -0.15) is 25.4 Å². The molecule has 10 aromatic heterocycles. The first-order valence-electron chi connectivity index (χ1n) is 32.9. The molecule has 19 nitrogen and oxygen atoms in total. The maximum Gasteiger partial charge on any atom is 0.223 e. The fourth-order valence-electron chi connectivity index (χ4n) is 4.51. The van der Waals surface area contributed by atoms with E-state index in [-0.39, 0.29) is 0 Å². The van der Waals surface area contributed by atoms with Gasteiger partial charge in [0.05, 0.1) is 17.6 Å². The topological polar surface area (TPSA) is 245 Å². The monoisotopic (exact) mass is 1310 g/mol. The van der Waals surface area contributed by atoms with Gasteiger partial charge in [-0.15, -0.1) is 10.2 Å². The number of benzene rings is 1. The van der Waals surface area contributed by atoms with Crippen molar-refractivity contribution < 1.29 is 8.94 Å². The first-order chi connectivity index (χ1) is 46.1. The molecular weight excluding hydrogens is 1180 g/mol. The van der Waals surface area contributed by atoms with E-state index < -0.39 is 0 Å². The summed E-state index contributed by atoms with van der Waals surface area (Å²) in [5.41, 5.74) is 9.03. The van der Waals surface area contributed by atoms with Crippen molar-refractivity contribution in [3.8, 4) is 0 Å². The van der Waals surface area contributed by atoms with E-state index in [1.807, 2.05) is 265 Å². The fraction of sp³-hybridized carbons (Fsp3) is 0.408. The molecule has 11 aromatic rings. The van der Waals surface area contributed by atoms with Crippen molar-refractivity contribution in [1.29, 1.82) is 0 Å². The summed E-state index contributed by atoms with van der Waals surface area (Å²) >= 11 is 0. The Labute approximate surface area is 577 Å². The van der Waals surface area contributed by atoms with Gasteiger partial charge in [-0.05, 0) is 146 Å². The third-order valence-electron chi connectivity index (χ3n) is 8.18. The summed E-state index contributed by atoms with van der Waals surface area (Å²) in [7, 11) is 0. The molecule has 0 atom stereocenters.